The highest BCUT2D eigenvalue weighted by Gasteiger charge is 2.31. The minimum atomic E-state index is -0.0820. The maximum Gasteiger partial charge on any atom is 0.0661 e. The molecule has 3 heteroatoms. The minimum Gasteiger partial charge on any atom is -0.392 e. The lowest BCUT2D eigenvalue weighted by atomic mass is 9.96. The normalized spacial score (nSPS) is 32.2. The Labute approximate surface area is 98.2 Å². The van der Waals surface area contributed by atoms with Gasteiger partial charge in [0.1, 0.15) is 0 Å². The number of thioether (sulfide) groups is 1. The molecular weight excluding hydrogens is 206 g/mol. The highest BCUT2D eigenvalue weighted by Crippen LogP contribution is 2.32. The summed E-state index contributed by atoms with van der Waals surface area (Å²) in [6, 6.07) is 0. The van der Waals surface area contributed by atoms with Gasteiger partial charge in [0.05, 0.1) is 6.10 Å². The van der Waals surface area contributed by atoms with Gasteiger partial charge in [0.15, 0.2) is 0 Å². The molecule has 0 aliphatic heterocycles. The fraction of sp³-hybridized carbons (Fsp3) is 1.00. The first-order valence-electron chi connectivity index (χ1n) is 5.84. The van der Waals surface area contributed by atoms with E-state index in [1.807, 2.05) is 0 Å². The SMILES string of the molecule is CS[C@H]1C[C@H](CNCC(C)(C)C)C[C@@H]1O. The van der Waals surface area contributed by atoms with Crippen LogP contribution in [-0.2, 0) is 0 Å². The summed E-state index contributed by atoms with van der Waals surface area (Å²) in [6.07, 6.45) is 4.16. The van der Waals surface area contributed by atoms with Gasteiger partial charge < -0.3 is 10.4 Å². The number of rotatable bonds is 4. The van der Waals surface area contributed by atoms with Crippen LogP contribution in [0.25, 0.3) is 0 Å². The lowest BCUT2D eigenvalue weighted by Crippen LogP contribution is -2.30. The van der Waals surface area contributed by atoms with Gasteiger partial charge in [-0.3, -0.25) is 0 Å². The highest BCUT2D eigenvalue weighted by molar-refractivity contribution is 7.99. The van der Waals surface area contributed by atoms with E-state index in [0.717, 1.165) is 19.5 Å². The van der Waals surface area contributed by atoms with Gasteiger partial charge in [0, 0.05) is 5.25 Å². The molecule has 90 valence electrons. The van der Waals surface area contributed by atoms with Crippen molar-refractivity contribution in [1.29, 1.82) is 0 Å². The molecule has 1 aliphatic rings. The van der Waals surface area contributed by atoms with Crippen LogP contribution in [-0.4, -0.2) is 35.8 Å². The van der Waals surface area contributed by atoms with E-state index in [0.29, 0.717) is 16.6 Å². The van der Waals surface area contributed by atoms with Crippen molar-refractivity contribution in [2.75, 3.05) is 19.3 Å². The van der Waals surface area contributed by atoms with Crippen LogP contribution in [0.5, 0.6) is 0 Å². The predicted octanol–water partition coefficient (Wildman–Crippen LogP) is 2.12. The van der Waals surface area contributed by atoms with Crippen LogP contribution in [0.1, 0.15) is 33.6 Å². The maximum atomic E-state index is 9.77. The van der Waals surface area contributed by atoms with Crippen molar-refractivity contribution in [3.8, 4) is 0 Å². The van der Waals surface area contributed by atoms with Crippen molar-refractivity contribution in [3.63, 3.8) is 0 Å². The summed E-state index contributed by atoms with van der Waals surface area (Å²) in [4.78, 5) is 0. The molecule has 0 amide bonds. The second-order valence-corrected chi connectivity index (χ2v) is 6.95. The van der Waals surface area contributed by atoms with Gasteiger partial charge in [-0.05, 0) is 43.5 Å². The van der Waals surface area contributed by atoms with Crippen molar-refractivity contribution < 1.29 is 5.11 Å². The number of hydrogen-bond acceptors (Lipinski definition) is 3. The van der Waals surface area contributed by atoms with Gasteiger partial charge in [0.2, 0.25) is 0 Å². The van der Waals surface area contributed by atoms with Crippen LogP contribution in [0.2, 0.25) is 0 Å². The number of aliphatic hydroxyl groups is 1. The summed E-state index contributed by atoms with van der Waals surface area (Å²) in [5, 5.41) is 13.7. The molecule has 3 atom stereocenters. The number of aliphatic hydroxyl groups excluding tert-OH is 1. The summed E-state index contributed by atoms with van der Waals surface area (Å²) >= 11 is 1.81. The highest BCUT2D eigenvalue weighted by atomic mass is 32.2. The van der Waals surface area contributed by atoms with Gasteiger partial charge in [-0.25, -0.2) is 0 Å². The number of hydrogen-bond donors (Lipinski definition) is 2. The van der Waals surface area contributed by atoms with E-state index in [4.69, 9.17) is 0 Å². The second kappa shape index (κ2) is 5.55. The Morgan fingerprint density at radius 3 is 2.47 bits per heavy atom. The average molecular weight is 231 g/mol. The topological polar surface area (TPSA) is 32.3 Å². The maximum absolute atomic E-state index is 9.77. The zero-order valence-electron chi connectivity index (χ0n) is 10.4. The van der Waals surface area contributed by atoms with E-state index in [1.54, 1.807) is 11.8 Å². The lowest BCUT2D eigenvalue weighted by Gasteiger charge is -2.20. The molecule has 15 heavy (non-hydrogen) atoms. The first-order chi connectivity index (χ1) is 6.92. The molecule has 2 N–H and O–H groups in total. The zero-order valence-corrected chi connectivity index (χ0v) is 11.2. The molecule has 0 unspecified atom stereocenters. The molecule has 0 aromatic rings. The van der Waals surface area contributed by atoms with Crippen LogP contribution in [0.4, 0.5) is 0 Å². The fourth-order valence-electron chi connectivity index (χ4n) is 2.15. The fourth-order valence-corrected chi connectivity index (χ4v) is 3.04. The molecule has 1 fully saturated rings. The average Bonchev–Trinajstić information content (AvgIpc) is 2.44. The third-order valence-electron chi connectivity index (χ3n) is 2.96. The van der Waals surface area contributed by atoms with E-state index >= 15 is 0 Å². The molecule has 0 radical (unpaired) electrons. The summed E-state index contributed by atoms with van der Waals surface area (Å²) in [6.45, 7) is 8.85. The molecule has 1 aliphatic carbocycles. The predicted molar refractivity (Wildman–Crippen MR) is 68.4 cm³/mol. The Kier molecular flexibility index (Phi) is 4.94. The van der Waals surface area contributed by atoms with Gasteiger partial charge in [-0.15, -0.1) is 0 Å². The van der Waals surface area contributed by atoms with E-state index in [2.05, 4.69) is 32.3 Å². The summed E-state index contributed by atoms with van der Waals surface area (Å²) in [5.74, 6) is 0.666. The third-order valence-corrected chi connectivity index (χ3v) is 4.07. The molecule has 2 nitrogen and oxygen atoms in total. The van der Waals surface area contributed by atoms with Gasteiger partial charge in [-0.1, -0.05) is 20.8 Å². The zero-order chi connectivity index (χ0) is 11.5. The van der Waals surface area contributed by atoms with Crippen molar-refractivity contribution >= 4 is 11.8 Å². The molecule has 1 saturated carbocycles. The molecule has 1 rings (SSSR count). The van der Waals surface area contributed by atoms with Crippen LogP contribution in [0, 0.1) is 11.3 Å². The number of nitrogens with one attached hydrogen (secondary N) is 1. The Bertz CT molecular complexity index is 191. The Morgan fingerprint density at radius 2 is 2.00 bits per heavy atom. The molecule has 0 spiro atoms. The van der Waals surface area contributed by atoms with Crippen LogP contribution >= 0.6 is 11.8 Å². The van der Waals surface area contributed by atoms with E-state index < -0.39 is 0 Å². The largest absolute Gasteiger partial charge is 0.392 e. The van der Waals surface area contributed by atoms with Crippen LogP contribution in [0.3, 0.4) is 0 Å². The van der Waals surface area contributed by atoms with Crippen molar-refractivity contribution in [1.82, 2.24) is 5.32 Å². The molecule has 0 aromatic heterocycles. The van der Waals surface area contributed by atoms with Crippen molar-refractivity contribution in [2.24, 2.45) is 11.3 Å². The van der Waals surface area contributed by atoms with E-state index in [9.17, 15) is 5.11 Å². The first kappa shape index (κ1) is 13.3. The smallest absolute Gasteiger partial charge is 0.0661 e. The Morgan fingerprint density at radius 1 is 1.33 bits per heavy atom. The van der Waals surface area contributed by atoms with Gasteiger partial charge >= 0.3 is 0 Å². The quantitative estimate of drug-likeness (QED) is 0.777. The monoisotopic (exact) mass is 231 g/mol. The Hall–Kier alpha value is 0.270. The first-order valence-corrected chi connectivity index (χ1v) is 7.13. The van der Waals surface area contributed by atoms with Crippen LogP contribution in [0.15, 0.2) is 0 Å². The van der Waals surface area contributed by atoms with Gasteiger partial charge in [0.25, 0.3) is 0 Å². The minimum absolute atomic E-state index is 0.0820. The lowest BCUT2D eigenvalue weighted by molar-refractivity contribution is 0.181. The second-order valence-electron chi connectivity index (χ2n) is 5.87. The van der Waals surface area contributed by atoms with Crippen molar-refractivity contribution in [2.45, 2.75) is 45.0 Å². The standard InChI is InChI=1S/C12H25NOS/c1-12(2,3)8-13-7-9-5-10(14)11(6-9)15-4/h9-11,13-14H,5-8H2,1-4H3/t9-,10+,11+/m1/s1. The summed E-state index contributed by atoms with van der Waals surface area (Å²) in [7, 11) is 0. The molecule has 0 heterocycles. The molecule has 0 saturated heterocycles. The molecule has 0 aromatic carbocycles. The van der Waals surface area contributed by atoms with E-state index in [-0.39, 0.29) is 6.10 Å². The van der Waals surface area contributed by atoms with Gasteiger partial charge in [-0.2, -0.15) is 11.8 Å². The Balaban J connectivity index is 2.19. The van der Waals surface area contributed by atoms with E-state index in [1.165, 1.54) is 6.42 Å². The molecular formula is C12H25NOS. The third kappa shape index (κ3) is 4.75. The summed E-state index contributed by atoms with van der Waals surface area (Å²) in [5.41, 5.74) is 0.357. The van der Waals surface area contributed by atoms with Crippen molar-refractivity contribution in [3.05, 3.63) is 0 Å². The molecule has 0 bridgehead atoms. The van der Waals surface area contributed by atoms with Crippen LogP contribution < -0.4 is 5.32 Å². The summed E-state index contributed by atoms with van der Waals surface area (Å²) < 4.78 is 0.